The van der Waals surface area contributed by atoms with E-state index in [9.17, 15) is 0 Å². The number of hydrogen-bond donors (Lipinski definition) is 0. The summed E-state index contributed by atoms with van der Waals surface area (Å²) in [5.41, 5.74) is 5.01. The van der Waals surface area contributed by atoms with Gasteiger partial charge in [-0.3, -0.25) is 9.80 Å². The number of benzene rings is 2. The molecule has 184 valence electrons. The van der Waals surface area contributed by atoms with Crippen molar-refractivity contribution >= 4 is 5.95 Å². The van der Waals surface area contributed by atoms with Crippen LogP contribution < -0.4 is 9.64 Å². The Labute approximate surface area is 212 Å². The molecule has 0 amide bonds. The molecule has 36 heavy (non-hydrogen) atoms. The van der Waals surface area contributed by atoms with Crippen molar-refractivity contribution in [3.63, 3.8) is 0 Å². The van der Waals surface area contributed by atoms with Gasteiger partial charge in [0.25, 0.3) is 0 Å². The molecule has 0 N–H and O–H groups in total. The minimum absolute atomic E-state index is 0.709. The van der Waals surface area contributed by atoms with Crippen molar-refractivity contribution < 1.29 is 9.15 Å². The first-order chi connectivity index (χ1) is 17.8. The summed E-state index contributed by atoms with van der Waals surface area (Å²) < 4.78 is 11.6. The van der Waals surface area contributed by atoms with E-state index in [0.29, 0.717) is 6.61 Å². The van der Waals surface area contributed by atoms with Crippen LogP contribution in [0.25, 0.3) is 11.3 Å². The van der Waals surface area contributed by atoms with E-state index in [1.165, 1.54) is 16.7 Å². The zero-order valence-electron chi connectivity index (χ0n) is 20.4. The molecular weight excluding hydrogens is 450 g/mol. The second kappa shape index (κ2) is 10.5. The van der Waals surface area contributed by atoms with Crippen LogP contribution in [-0.2, 0) is 19.6 Å². The van der Waals surface area contributed by atoms with Gasteiger partial charge in [-0.1, -0.05) is 30.3 Å². The number of hydrogen-bond acceptors (Lipinski definition) is 7. The second-order valence-corrected chi connectivity index (χ2v) is 9.49. The minimum Gasteiger partial charge on any atom is -0.492 e. The molecule has 2 aliphatic rings. The molecule has 7 nitrogen and oxygen atoms in total. The average molecular weight is 482 g/mol. The van der Waals surface area contributed by atoms with Gasteiger partial charge in [0.2, 0.25) is 5.95 Å². The molecule has 2 aromatic carbocycles. The highest BCUT2D eigenvalue weighted by molar-refractivity contribution is 5.57. The van der Waals surface area contributed by atoms with Gasteiger partial charge >= 0.3 is 0 Å². The van der Waals surface area contributed by atoms with Crippen LogP contribution >= 0.6 is 0 Å². The molecule has 4 heterocycles. The van der Waals surface area contributed by atoms with Gasteiger partial charge in [-0.05, 0) is 41.5 Å². The van der Waals surface area contributed by atoms with Crippen LogP contribution in [-0.4, -0.2) is 59.1 Å². The van der Waals surface area contributed by atoms with Crippen LogP contribution in [0.3, 0.4) is 0 Å². The smallest absolute Gasteiger partial charge is 0.225 e. The predicted octanol–water partition coefficient (Wildman–Crippen LogP) is 4.45. The summed E-state index contributed by atoms with van der Waals surface area (Å²) >= 11 is 0. The molecule has 0 unspecified atom stereocenters. The van der Waals surface area contributed by atoms with Gasteiger partial charge in [0, 0.05) is 75.9 Å². The maximum absolute atomic E-state index is 6.10. The zero-order valence-corrected chi connectivity index (χ0v) is 20.4. The van der Waals surface area contributed by atoms with Gasteiger partial charge in [0.05, 0.1) is 6.26 Å². The van der Waals surface area contributed by atoms with E-state index in [1.807, 2.05) is 30.6 Å². The van der Waals surface area contributed by atoms with E-state index in [-0.39, 0.29) is 0 Å². The molecule has 2 aromatic heterocycles. The van der Waals surface area contributed by atoms with Gasteiger partial charge < -0.3 is 14.1 Å². The van der Waals surface area contributed by atoms with Crippen LogP contribution in [0.5, 0.6) is 5.75 Å². The Hall–Kier alpha value is -3.68. The molecule has 0 radical (unpaired) electrons. The summed E-state index contributed by atoms with van der Waals surface area (Å²) in [4.78, 5) is 16.0. The predicted molar refractivity (Wildman–Crippen MR) is 140 cm³/mol. The van der Waals surface area contributed by atoms with E-state index in [1.54, 1.807) is 6.26 Å². The average Bonchev–Trinajstić information content (AvgIpc) is 3.39. The molecule has 0 saturated carbocycles. The summed E-state index contributed by atoms with van der Waals surface area (Å²) in [6.45, 7) is 8.27. The van der Waals surface area contributed by atoms with Crippen LogP contribution in [0, 0.1) is 0 Å². The minimum atomic E-state index is 0.709. The Morgan fingerprint density at radius 2 is 1.53 bits per heavy atom. The lowest BCUT2D eigenvalue weighted by Gasteiger charge is -2.34. The maximum Gasteiger partial charge on any atom is 0.225 e. The largest absolute Gasteiger partial charge is 0.492 e. The first-order valence-corrected chi connectivity index (χ1v) is 12.6. The highest BCUT2D eigenvalue weighted by atomic mass is 16.5. The summed E-state index contributed by atoms with van der Waals surface area (Å²) in [5.74, 6) is 2.75. The standard InChI is InChI=1S/C29H31N5O2/c1-3-27(35-17-1)25-7-4-23(5-8-25)20-33-16-18-36-28-9-6-24(19-26(28)22-33)21-32-12-14-34(15-13-32)29-30-10-2-11-31-29/h1-11,17,19H,12-16,18,20-22H2. The van der Waals surface area contributed by atoms with E-state index in [2.05, 4.69) is 67.1 Å². The summed E-state index contributed by atoms with van der Waals surface area (Å²) in [6, 6.07) is 21.1. The van der Waals surface area contributed by atoms with Crippen molar-refractivity contribution in [2.24, 2.45) is 0 Å². The number of ether oxygens (including phenoxy) is 1. The van der Waals surface area contributed by atoms with E-state index < -0.39 is 0 Å². The fourth-order valence-corrected chi connectivity index (χ4v) is 5.03. The lowest BCUT2D eigenvalue weighted by molar-refractivity contribution is 0.219. The van der Waals surface area contributed by atoms with Crippen molar-refractivity contribution in [1.29, 1.82) is 0 Å². The molecule has 0 spiro atoms. The lowest BCUT2D eigenvalue weighted by atomic mass is 10.1. The summed E-state index contributed by atoms with van der Waals surface area (Å²) in [7, 11) is 0. The van der Waals surface area contributed by atoms with E-state index >= 15 is 0 Å². The van der Waals surface area contributed by atoms with Crippen LogP contribution in [0.2, 0.25) is 0 Å². The summed E-state index contributed by atoms with van der Waals surface area (Å²) in [5, 5.41) is 0. The van der Waals surface area contributed by atoms with Crippen LogP contribution in [0.4, 0.5) is 5.95 Å². The van der Waals surface area contributed by atoms with Crippen LogP contribution in [0.1, 0.15) is 16.7 Å². The normalized spacial score (nSPS) is 16.8. The maximum atomic E-state index is 6.10. The molecule has 1 saturated heterocycles. The SMILES string of the molecule is c1cnc(N2CCN(Cc3ccc4c(c3)CN(Cc3ccc(-c5ccco5)cc3)CCO4)CC2)nc1. The summed E-state index contributed by atoms with van der Waals surface area (Å²) in [6.07, 6.45) is 5.34. The van der Waals surface area contributed by atoms with Crippen LogP contribution in [0.15, 0.2) is 83.7 Å². The number of fused-ring (bicyclic) bond motifs is 1. The molecule has 0 atom stereocenters. The lowest BCUT2D eigenvalue weighted by Crippen LogP contribution is -2.46. The molecule has 0 aliphatic carbocycles. The van der Waals surface area contributed by atoms with E-state index in [4.69, 9.17) is 9.15 Å². The molecule has 6 rings (SSSR count). The van der Waals surface area contributed by atoms with Crippen molar-refractivity contribution in [3.8, 4) is 17.1 Å². The monoisotopic (exact) mass is 481 g/mol. The first-order valence-electron chi connectivity index (χ1n) is 12.6. The zero-order chi connectivity index (χ0) is 24.2. The topological polar surface area (TPSA) is 57.9 Å². The number of anilines is 1. The van der Waals surface area contributed by atoms with Gasteiger partial charge in [-0.25, -0.2) is 9.97 Å². The number of rotatable bonds is 6. The molecular formula is C29H31N5O2. The van der Waals surface area contributed by atoms with Gasteiger partial charge in [-0.15, -0.1) is 0 Å². The van der Waals surface area contributed by atoms with Crippen molar-refractivity contribution in [2.75, 3.05) is 44.2 Å². The van der Waals surface area contributed by atoms with E-state index in [0.717, 1.165) is 75.4 Å². The molecule has 0 bridgehead atoms. The van der Waals surface area contributed by atoms with Gasteiger partial charge in [0.1, 0.15) is 18.1 Å². The Morgan fingerprint density at radius 1 is 0.750 bits per heavy atom. The molecule has 4 aromatic rings. The molecule has 7 heteroatoms. The third-order valence-corrected chi connectivity index (χ3v) is 6.96. The Bertz CT molecular complexity index is 1250. The third kappa shape index (κ3) is 5.27. The third-order valence-electron chi connectivity index (χ3n) is 6.96. The Kier molecular flexibility index (Phi) is 6.65. The van der Waals surface area contributed by atoms with Crippen molar-refractivity contribution in [1.82, 2.24) is 19.8 Å². The fraction of sp³-hybridized carbons (Fsp3) is 0.310. The number of nitrogens with zero attached hydrogens (tertiary/aromatic N) is 5. The van der Waals surface area contributed by atoms with Gasteiger partial charge in [-0.2, -0.15) is 0 Å². The number of aromatic nitrogens is 2. The van der Waals surface area contributed by atoms with Crippen molar-refractivity contribution in [3.05, 3.63) is 96.0 Å². The Morgan fingerprint density at radius 3 is 2.31 bits per heavy atom. The highest BCUT2D eigenvalue weighted by Gasteiger charge is 2.20. The number of furan rings is 1. The molecule has 2 aliphatic heterocycles. The molecule has 1 fully saturated rings. The Balaban J connectivity index is 1.07. The first kappa shape index (κ1) is 22.8. The number of piperazine rings is 1. The van der Waals surface area contributed by atoms with Gasteiger partial charge in [0.15, 0.2) is 0 Å². The second-order valence-electron chi connectivity index (χ2n) is 9.49. The van der Waals surface area contributed by atoms with Crippen molar-refractivity contribution in [2.45, 2.75) is 19.6 Å². The fourth-order valence-electron chi connectivity index (χ4n) is 5.03. The highest BCUT2D eigenvalue weighted by Crippen LogP contribution is 2.27. The quantitative estimate of drug-likeness (QED) is 0.403.